The molecule has 1 atom stereocenters. The predicted molar refractivity (Wildman–Crippen MR) is 57.6 cm³/mol. The third-order valence-electron chi connectivity index (χ3n) is 1.83. The van der Waals surface area contributed by atoms with Crippen molar-refractivity contribution in [3.63, 3.8) is 0 Å². The Bertz CT molecular complexity index is 426. The summed E-state index contributed by atoms with van der Waals surface area (Å²) in [7, 11) is 0. The number of amides is 1. The zero-order valence-corrected chi connectivity index (χ0v) is 9.39. The number of carbonyl (C=O) groups excluding carboxylic acids is 1. The van der Waals surface area contributed by atoms with Crippen LogP contribution in [0.4, 0.5) is 0 Å². The molecule has 3 N–H and O–H groups in total. The number of aliphatic hydroxyl groups is 1. The highest BCUT2D eigenvalue weighted by Gasteiger charge is 2.14. The van der Waals surface area contributed by atoms with Crippen LogP contribution in [0.2, 0.25) is 5.15 Å². The quantitative estimate of drug-likeness (QED) is 0.669. The molecule has 1 unspecified atom stereocenters. The lowest BCUT2D eigenvalue weighted by atomic mass is 10.2. The molecule has 1 rings (SSSR count). The van der Waals surface area contributed by atoms with Crippen LogP contribution in [0.3, 0.4) is 0 Å². The van der Waals surface area contributed by atoms with Crippen LogP contribution in [0.1, 0.15) is 16.9 Å². The van der Waals surface area contributed by atoms with Crippen molar-refractivity contribution in [2.24, 2.45) is 0 Å². The molecule has 0 saturated carbocycles. The summed E-state index contributed by atoms with van der Waals surface area (Å²) in [5, 5.41) is 19.8. The van der Waals surface area contributed by atoms with Gasteiger partial charge in [0.1, 0.15) is 10.8 Å². The molecule has 0 saturated heterocycles. The van der Waals surface area contributed by atoms with Crippen LogP contribution in [0.15, 0.2) is 12.4 Å². The molecule has 8 heteroatoms. The number of nitrogens with zero attached hydrogens (tertiary/aromatic N) is 2. The molecule has 0 aromatic carbocycles. The summed E-state index contributed by atoms with van der Waals surface area (Å²) in [6, 6.07) is 0. The van der Waals surface area contributed by atoms with Crippen molar-refractivity contribution in [2.75, 3.05) is 6.54 Å². The van der Waals surface area contributed by atoms with Gasteiger partial charge in [0.25, 0.3) is 5.91 Å². The number of aromatic nitrogens is 2. The van der Waals surface area contributed by atoms with Crippen LogP contribution >= 0.6 is 11.6 Å². The van der Waals surface area contributed by atoms with Crippen molar-refractivity contribution in [2.45, 2.75) is 12.5 Å². The second-order valence-electron chi connectivity index (χ2n) is 3.13. The summed E-state index contributed by atoms with van der Waals surface area (Å²) >= 11 is 5.54. The minimum absolute atomic E-state index is 0.0144. The Balaban J connectivity index is 2.43. The lowest BCUT2D eigenvalue weighted by Crippen LogP contribution is -2.30. The van der Waals surface area contributed by atoms with Gasteiger partial charge in [0.15, 0.2) is 6.10 Å². The molecule has 1 amide bonds. The number of aliphatic carboxylic acids is 1. The molecule has 0 spiro atoms. The Morgan fingerprint density at radius 1 is 1.47 bits per heavy atom. The van der Waals surface area contributed by atoms with Crippen molar-refractivity contribution in [3.05, 3.63) is 23.2 Å². The van der Waals surface area contributed by atoms with E-state index in [4.69, 9.17) is 21.8 Å². The van der Waals surface area contributed by atoms with E-state index < -0.39 is 18.0 Å². The van der Waals surface area contributed by atoms with Gasteiger partial charge in [0, 0.05) is 13.0 Å². The Morgan fingerprint density at radius 2 is 2.18 bits per heavy atom. The maximum absolute atomic E-state index is 11.4. The minimum Gasteiger partial charge on any atom is -0.479 e. The first kappa shape index (κ1) is 13.3. The fraction of sp³-hybridized carbons (Fsp3) is 0.333. The van der Waals surface area contributed by atoms with Gasteiger partial charge in [-0.15, -0.1) is 0 Å². The van der Waals surface area contributed by atoms with Crippen LogP contribution in [0.5, 0.6) is 0 Å². The molecule has 1 aromatic heterocycles. The van der Waals surface area contributed by atoms with E-state index >= 15 is 0 Å². The Hall–Kier alpha value is -1.73. The molecular weight excluding hydrogens is 250 g/mol. The van der Waals surface area contributed by atoms with Gasteiger partial charge in [0.2, 0.25) is 0 Å². The first-order valence-corrected chi connectivity index (χ1v) is 5.05. The molecule has 0 bridgehead atoms. The van der Waals surface area contributed by atoms with Gasteiger partial charge in [-0.2, -0.15) is 0 Å². The van der Waals surface area contributed by atoms with Gasteiger partial charge in [-0.25, -0.2) is 9.78 Å². The first-order valence-electron chi connectivity index (χ1n) is 4.67. The number of carbonyl (C=O) groups is 2. The monoisotopic (exact) mass is 259 g/mol. The summed E-state index contributed by atoms with van der Waals surface area (Å²) in [5.74, 6) is -1.86. The van der Waals surface area contributed by atoms with E-state index in [-0.39, 0.29) is 23.8 Å². The second-order valence-corrected chi connectivity index (χ2v) is 3.51. The van der Waals surface area contributed by atoms with Gasteiger partial charge in [-0.1, -0.05) is 11.6 Å². The highest BCUT2D eigenvalue weighted by Crippen LogP contribution is 2.02. The van der Waals surface area contributed by atoms with Crippen LogP contribution in [0.25, 0.3) is 0 Å². The number of hydrogen-bond acceptors (Lipinski definition) is 5. The van der Waals surface area contributed by atoms with E-state index in [9.17, 15) is 9.59 Å². The van der Waals surface area contributed by atoms with Gasteiger partial charge in [-0.05, 0) is 0 Å². The van der Waals surface area contributed by atoms with Gasteiger partial charge in [0.05, 0.1) is 12.4 Å². The zero-order chi connectivity index (χ0) is 12.8. The van der Waals surface area contributed by atoms with E-state index in [0.717, 1.165) is 0 Å². The van der Waals surface area contributed by atoms with Crippen LogP contribution in [-0.4, -0.2) is 44.7 Å². The Morgan fingerprint density at radius 3 is 2.76 bits per heavy atom. The molecule has 1 aromatic rings. The standard InChI is InChI=1S/C9H10ClN3O4/c10-7-4-11-3-5(13-7)8(15)12-2-1-6(14)9(16)17/h3-4,6,14H,1-2H2,(H,12,15)(H,16,17). The molecule has 1 heterocycles. The molecule has 0 aliphatic carbocycles. The third-order valence-corrected chi connectivity index (χ3v) is 2.01. The van der Waals surface area contributed by atoms with Crippen LogP contribution in [0, 0.1) is 0 Å². The lowest BCUT2D eigenvalue weighted by Gasteiger charge is -2.06. The fourth-order valence-electron chi connectivity index (χ4n) is 0.988. The molecule has 0 fully saturated rings. The number of hydrogen-bond donors (Lipinski definition) is 3. The van der Waals surface area contributed by atoms with Gasteiger partial charge < -0.3 is 15.5 Å². The van der Waals surface area contributed by atoms with Crippen molar-refractivity contribution in [1.82, 2.24) is 15.3 Å². The number of carboxylic acids is 1. The average molecular weight is 260 g/mol. The topological polar surface area (TPSA) is 112 Å². The van der Waals surface area contributed by atoms with Gasteiger partial charge >= 0.3 is 5.97 Å². The average Bonchev–Trinajstić information content (AvgIpc) is 2.28. The molecule has 7 nitrogen and oxygen atoms in total. The number of carboxylic acid groups (broad SMARTS) is 1. The second kappa shape index (κ2) is 6.12. The minimum atomic E-state index is -1.50. The number of halogens is 1. The van der Waals surface area contributed by atoms with Crippen molar-refractivity contribution < 1.29 is 19.8 Å². The summed E-state index contributed by atoms with van der Waals surface area (Å²) in [4.78, 5) is 29.1. The smallest absolute Gasteiger partial charge is 0.332 e. The van der Waals surface area contributed by atoms with Crippen molar-refractivity contribution in [1.29, 1.82) is 0 Å². The van der Waals surface area contributed by atoms with Crippen molar-refractivity contribution in [3.8, 4) is 0 Å². The molecule has 17 heavy (non-hydrogen) atoms. The summed E-state index contributed by atoms with van der Waals surface area (Å²) in [6.45, 7) is 0.0144. The van der Waals surface area contributed by atoms with E-state index in [1.807, 2.05) is 0 Å². The largest absolute Gasteiger partial charge is 0.479 e. The third kappa shape index (κ3) is 4.33. The zero-order valence-electron chi connectivity index (χ0n) is 8.63. The normalized spacial score (nSPS) is 11.9. The first-order chi connectivity index (χ1) is 8.00. The lowest BCUT2D eigenvalue weighted by molar-refractivity contribution is -0.146. The Kier molecular flexibility index (Phi) is 4.80. The molecule has 0 aliphatic rings. The SMILES string of the molecule is O=C(NCCC(O)C(=O)O)c1cncc(Cl)n1. The number of nitrogens with one attached hydrogen (secondary N) is 1. The van der Waals surface area contributed by atoms with E-state index in [0.29, 0.717) is 0 Å². The van der Waals surface area contributed by atoms with E-state index in [1.54, 1.807) is 0 Å². The number of rotatable bonds is 5. The highest BCUT2D eigenvalue weighted by atomic mass is 35.5. The van der Waals surface area contributed by atoms with Crippen LogP contribution in [-0.2, 0) is 4.79 Å². The van der Waals surface area contributed by atoms with Crippen molar-refractivity contribution >= 4 is 23.5 Å². The Labute approximate surface area is 101 Å². The highest BCUT2D eigenvalue weighted by molar-refractivity contribution is 6.29. The maximum Gasteiger partial charge on any atom is 0.332 e. The predicted octanol–water partition coefficient (Wildman–Crippen LogP) is -0.305. The van der Waals surface area contributed by atoms with E-state index in [2.05, 4.69) is 15.3 Å². The number of aliphatic hydroxyl groups excluding tert-OH is 1. The van der Waals surface area contributed by atoms with Gasteiger partial charge in [-0.3, -0.25) is 9.78 Å². The molecule has 92 valence electrons. The molecule has 0 aliphatic heterocycles. The van der Waals surface area contributed by atoms with Crippen LogP contribution < -0.4 is 5.32 Å². The summed E-state index contributed by atoms with van der Waals surface area (Å²) < 4.78 is 0. The molecule has 0 radical (unpaired) electrons. The fourth-order valence-corrected chi connectivity index (χ4v) is 1.14. The summed E-state index contributed by atoms with van der Waals surface area (Å²) in [5.41, 5.74) is 0.0299. The van der Waals surface area contributed by atoms with E-state index in [1.165, 1.54) is 12.4 Å². The molecular formula is C9H10ClN3O4. The maximum atomic E-state index is 11.4. The summed E-state index contributed by atoms with van der Waals surface area (Å²) in [6.07, 6.45) is 0.928.